The molecule has 0 bridgehead atoms. The molecule has 2 rings (SSSR count). The van der Waals surface area contributed by atoms with Gasteiger partial charge in [0.05, 0.1) is 6.10 Å². The van der Waals surface area contributed by atoms with Crippen molar-refractivity contribution in [1.29, 1.82) is 5.26 Å². The molecular formula is C15H23N3O. The lowest BCUT2D eigenvalue weighted by Crippen LogP contribution is -2.45. The summed E-state index contributed by atoms with van der Waals surface area (Å²) in [5, 5.41) is 19.0. The molecule has 1 aliphatic heterocycles. The SMILES string of the molecule is Cc1c(CN2CCCCC2C(C)O)cc(C#N)n1C. The zero-order valence-corrected chi connectivity index (χ0v) is 12.1. The van der Waals surface area contributed by atoms with Crippen LogP contribution in [0, 0.1) is 18.3 Å². The molecule has 4 nitrogen and oxygen atoms in total. The molecule has 0 radical (unpaired) electrons. The standard InChI is InChI=1S/C15H23N3O/c1-11-13(8-14(9-16)17(11)3)10-18-7-5-4-6-15(18)12(2)19/h8,12,15,19H,4-7,10H2,1-3H3. The van der Waals surface area contributed by atoms with E-state index in [1.165, 1.54) is 18.4 Å². The van der Waals surface area contributed by atoms with Gasteiger partial charge in [-0.15, -0.1) is 0 Å². The molecule has 0 aliphatic carbocycles. The zero-order valence-electron chi connectivity index (χ0n) is 12.1. The number of likely N-dealkylation sites (tertiary alicyclic amines) is 1. The molecule has 104 valence electrons. The number of hydrogen-bond acceptors (Lipinski definition) is 3. The number of hydrogen-bond donors (Lipinski definition) is 1. The Kier molecular flexibility index (Phi) is 4.28. The highest BCUT2D eigenvalue weighted by molar-refractivity contribution is 5.34. The number of nitriles is 1. The predicted octanol–water partition coefficient (Wildman–Crippen LogP) is 1.94. The lowest BCUT2D eigenvalue weighted by Gasteiger charge is -2.37. The van der Waals surface area contributed by atoms with Crippen molar-refractivity contribution in [3.05, 3.63) is 23.0 Å². The van der Waals surface area contributed by atoms with Crippen molar-refractivity contribution < 1.29 is 5.11 Å². The monoisotopic (exact) mass is 261 g/mol. The molecule has 1 aromatic heterocycles. The van der Waals surface area contributed by atoms with Gasteiger partial charge in [-0.1, -0.05) is 6.42 Å². The molecule has 2 heterocycles. The normalized spacial score (nSPS) is 22.2. The highest BCUT2D eigenvalue weighted by atomic mass is 16.3. The van der Waals surface area contributed by atoms with E-state index in [2.05, 4.69) is 17.9 Å². The Morgan fingerprint density at radius 2 is 2.26 bits per heavy atom. The fourth-order valence-corrected chi connectivity index (χ4v) is 3.01. The first kappa shape index (κ1) is 14.1. The third-order valence-corrected chi connectivity index (χ3v) is 4.35. The van der Waals surface area contributed by atoms with E-state index in [1.54, 1.807) is 0 Å². The zero-order chi connectivity index (χ0) is 14.0. The van der Waals surface area contributed by atoms with E-state index in [0.717, 1.165) is 25.2 Å². The first-order valence-electron chi connectivity index (χ1n) is 7.02. The Bertz CT molecular complexity index is 484. The topological polar surface area (TPSA) is 52.2 Å². The van der Waals surface area contributed by atoms with Crippen molar-refractivity contribution >= 4 is 0 Å². The molecule has 1 aliphatic rings. The van der Waals surface area contributed by atoms with Gasteiger partial charge in [0.25, 0.3) is 0 Å². The number of piperidine rings is 1. The second-order valence-electron chi connectivity index (χ2n) is 5.59. The minimum Gasteiger partial charge on any atom is -0.392 e. The Morgan fingerprint density at radius 3 is 2.84 bits per heavy atom. The Labute approximate surface area is 115 Å². The Morgan fingerprint density at radius 1 is 1.53 bits per heavy atom. The van der Waals surface area contributed by atoms with Gasteiger partial charge in [0, 0.05) is 25.3 Å². The Hall–Kier alpha value is -1.31. The Balaban J connectivity index is 2.18. The van der Waals surface area contributed by atoms with Crippen LogP contribution in [-0.2, 0) is 13.6 Å². The second-order valence-corrected chi connectivity index (χ2v) is 5.59. The molecule has 1 saturated heterocycles. The predicted molar refractivity (Wildman–Crippen MR) is 74.6 cm³/mol. The van der Waals surface area contributed by atoms with E-state index < -0.39 is 0 Å². The van der Waals surface area contributed by atoms with E-state index in [1.807, 2.05) is 24.6 Å². The van der Waals surface area contributed by atoms with Gasteiger partial charge in [-0.25, -0.2) is 0 Å². The second kappa shape index (κ2) is 5.77. The van der Waals surface area contributed by atoms with Crippen molar-refractivity contribution in [2.24, 2.45) is 7.05 Å². The van der Waals surface area contributed by atoms with E-state index in [4.69, 9.17) is 5.26 Å². The number of aliphatic hydroxyl groups excluding tert-OH is 1. The van der Waals surface area contributed by atoms with Crippen LogP contribution in [0.25, 0.3) is 0 Å². The summed E-state index contributed by atoms with van der Waals surface area (Å²) in [7, 11) is 1.93. The van der Waals surface area contributed by atoms with Gasteiger partial charge in [-0.2, -0.15) is 5.26 Å². The summed E-state index contributed by atoms with van der Waals surface area (Å²) in [6.07, 6.45) is 3.16. The fourth-order valence-electron chi connectivity index (χ4n) is 3.01. The van der Waals surface area contributed by atoms with E-state index in [9.17, 15) is 5.11 Å². The summed E-state index contributed by atoms with van der Waals surface area (Å²) in [5.74, 6) is 0. The van der Waals surface area contributed by atoms with E-state index in [0.29, 0.717) is 5.69 Å². The molecule has 2 unspecified atom stereocenters. The molecular weight excluding hydrogens is 238 g/mol. The molecule has 0 saturated carbocycles. The number of aromatic nitrogens is 1. The molecule has 0 amide bonds. The summed E-state index contributed by atoms with van der Waals surface area (Å²) in [5.41, 5.74) is 3.05. The fraction of sp³-hybridized carbons (Fsp3) is 0.667. The lowest BCUT2D eigenvalue weighted by atomic mass is 9.97. The van der Waals surface area contributed by atoms with Gasteiger partial charge in [0.1, 0.15) is 11.8 Å². The molecule has 1 fully saturated rings. The average molecular weight is 261 g/mol. The van der Waals surface area contributed by atoms with Crippen molar-refractivity contribution in [2.45, 2.75) is 51.8 Å². The smallest absolute Gasteiger partial charge is 0.120 e. The van der Waals surface area contributed by atoms with Crippen LogP contribution in [0.5, 0.6) is 0 Å². The third-order valence-electron chi connectivity index (χ3n) is 4.35. The van der Waals surface area contributed by atoms with Crippen molar-refractivity contribution in [3.63, 3.8) is 0 Å². The van der Waals surface area contributed by atoms with E-state index >= 15 is 0 Å². The van der Waals surface area contributed by atoms with Gasteiger partial charge < -0.3 is 9.67 Å². The molecule has 4 heteroatoms. The maximum absolute atomic E-state index is 9.90. The van der Waals surface area contributed by atoms with Crippen LogP contribution in [0.3, 0.4) is 0 Å². The van der Waals surface area contributed by atoms with Crippen LogP contribution in [0.4, 0.5) is 0 Å². The number of rotatable bonds is 3. The van der Waals surface area contributed by atoms with Gasteiger partial charge in [-0.3, -0.25) is 4.90 Å². The van der Waals surface area contributed by atoms with Crippen LogP contribution < -0.4 is 0 Å². The van der Waals surface area contributed by atoms with Crippen LogP contribution in [0.1, 0.15) is 43.1 Å². The number of aliphatic hydroxyl groups is 1. The lowest BCUT2D eigenvalue weighted by molar-refractivity contribution is 0.0315. The molecule has 19 heavy (non-hydrogen) atoms. The minimum atomic E-state index is -0.292. The van der Waals surface area contributed by atoms with Gasteiger partial charge >= 0.3 is 0 Å². The quantitative estimate of drug-likeness (QED) is 0.904. The van der Waals surface area contributed by atoms with Crippen molar-refractivity contribution in [3.8, 4) is 6.07 Å². The molecule has 0 aromatic carbocycles. The average Bonchev–Trinajstić information content (AvgIpc) is 2.67. The van der Waals surface area contributed by atoms with Crippen LogP contribution in [0.15, 0.2) is 6.07 Å². The highest BCUT2D eigenvalue weighted by Gasteiger charge is 2.27. The molecule has 1 N–H and O–H groups in total. The summed E-state index contributed by atoms with van der Waals surface area (Å²) >= 11 is 0. The summed E-state index contributed by atoms with van der Waals surface area (Å²) in [6, 6.07) is 4.45. The highest BCUT2D eigenvalue weighted by Crippen LogP contribution is 2.24. The summed E-state index contributed by atoms with van der Waals surface area (Å²) < 4.78 is 1.94. The van der Waals surface area contributed by atoms with Crippen LogP contribution in [-0.4, -0.2) is 33.3 Å². The van der Waals surface area contributed by atoms with Gasteiger partial charge in [-0.05, 0) is 44.9 Å². The van der Waals surface area contributed by atoms with Gasteiger partial charge in [0.2, 0.25) is 0 Å². The van der Waals surface area contributed by atoms with Crippen LogP contribution >= 0.6 is 0 Å². The summed E-state index contributed by atoms with van der Waals surface area (Å²) in [6.45, 7) is 5.79. The first-order chi connectivity index (χ1) is 9.04. The number of nitrogens with zero attached hydrogens (tertiary/aromatic N) is 3. The molecule has 0 spiro atoms. The minimum absolute atomic E-state index is 0.249. The van der Waals surface area contributed by atoms with Gasteiger partial charge in [0.15, 0.2) is 0 Å². The maximum Gasteiger partial charge on any atom is 0.120 e. The first-order valence-corrected chi connectivity index (χ1v) is 7.02. The third kappa shape index (κ3) is 2.83. The van der Waals surface area contributed by atoms with Crippen LogP contribution in [0.2, 0.25) is 0 Å². The molecule has 2 atom stereocenters. The summed E-state index contributed by atoms with van der Waals surface area (Å²) in [4.78, 5) is 2.36. The van der Waals surface area contributed by atoms with Crippen molar-refractivity contribution in [2.75, 3.05) is 6.54 Å². The molecule has 1 aromatic rings. The van der Waals surface area contributed by atoms with E-state index in [-0.39, 0.29) is 12.1 Å². The van der Waals surface area contributed by atoms with Crippen molar-refractivity contribution in [1.82, 2.24) is 9.47 Å². The largest absolute Gasteiger partial charge is 0.392 e. The maximum atomic E-state index is 9.90.